The molecule has 0 radical (unpaired) electrons. The van der Waals surface area contributed by atoms with E-state index < -0.39 is 0 Å². The van der Waals surface area contributed by atoms with Gasteiger partial charge in [-0.2, -0.15) is 5.10 Å². The van der Waals surface area contributed by atoms with Gasteiger partial charge in [-0.15, -0.1) is 11.3 Å². The highest BCUT2D eigenvalue weighted by Crippen LogP contribution is 2.28. The molecule has 3 heterocycles. The molecule has 0 amide bonds. The van der Waals surface area contributed by atoms with Crippen LogP contribution >= 0.6 is 11.3 Å². The van der Waals surface area contributed by atoms with Crippen molar-refractivity contribution in [1.29, 1.82) is 0 Å². The van der Waals surface area contributed by atoms with Crippen molar-refractivity contribution in [3.63, 3.8) is 0 Å². The predicted molar refractivity (Wildman–Crippen MR) is 110 cm³/mol. The summed E-state index contributed by atoms with van der Waals surface area (Å²) >= 11 is 1.58. The summed E-state index contributed by atoms with van der Waals surface area (Å²) in [5, 5.41) is 6.70. The van der Waals surface area contributed by atoms with Gasteiger partial charge in [0.15, 0.2) is 5.78 Å². The summed E-state index contributed by atoms with van der Waals surface area (Å²) in [6.07, 6.45) is 4.17. The lowest BCUT2D eigenvalue weighted by atomic mass is 9.91. The number of likely N-dealkylation sites (tertiary alicyclic amines) is 1. The summed E-state index contributed by atoms with van der Waals surface area (Å²) in [6.45, 7) is 4.74. The lowest BCUT2D eigenvalue weighted by molar-refractivity contribution is 0.0815. The molecule has 1 aromatic carbocycles. The van der Waals surface area contributed by atoms with Crippen LogP contribution in [0.3, 0.4) is 0 Å². The summed E-state index contributed by atoms with van der Waals surface area (Å²) in [5.74, 6) is 0.426. The fourth-order valence-electron chi connectivity index (χ4n) is 3.96. The molecular weight excluding hydrogens is 354 g/mol. The van der Waals surface area contributed by atoms with Crippen molar-refractivity contribution >= 4 is 17.1 Å². The zero-order chi connectivity index (χ0) is 18.8. The quantitative estimate of drug-likeness (QED) is 0.610. The van der Waals surface area contributed by atoms with Crippen molar-refractivity contribution in [3.05, 3.63) is 64.0 Å². The second kappa shape index (κ2) is 7.79. The van der Waals surface area contributed by atoms with Crippen molar-refractivity contribution in [2.24, 2.45) is 13.0 Å². The van der Waals surface area contributed by atoms with E-state index in [-0.39, 0.29) is 5.92 Å². The third-order valence-corrected chi connectivity index (χ3v) is 6.34. The average Bonchev–Trinajstić information content (AvgIpc) is 3.27. The topological polar surface area (TPSA) is 38.1 Å². The van der Waals surface area contributed by atoms with E-state index in [0.717, 1.165) is 54.2 Å². The number of hydrogen-bond donors (Lipinski definition) is 0. The molecule has 5 heteroatoms. The summed E-state index contributed by atoms with van der Waals surface area (Å²) in [4.78, 5) is 16.3. The molecule has 0 spiro atoms. The number of aromatic nitrogens is 2. The molecule has 0 bridgehead atoms. The van der Waals surface area contributed by atoms with E-state index in [1.807, 2.05) is 48.3 Å². The van der Waals surface area contributed by atoms with Gasteiger partial charge in [0, 0.05) is 43.4 Å². The number of rotatable bonds is 5. The van der Waals surface area contributed by atoms with E-state index in [4.69, 9.17) is 0 Å². The molecule has 1 aliphatic heterocycles. The maximum Gasteiger partial charge on any atom is 0.177 e. The predicted octanol–water partition coefficient (Wildman–Crippen LogP) is 4.55. The first-order valence-electron chi connectivity index (χ1n) is 9.50. The molecule has 0 aliphatic carbocycles. The van der Waals surface area contributed by atoms with Crippen molar-refractivity contribution < 1.29 is 4.79 Å². The van der Waals surface area contributed by atoms with Crippen LogP contribution in [-0.4, -0.2) is 33.6 Å². The van der Waals surface area contributed by atoms with Crippen LogP contribution in [0.2, 0.25) is 0 Å². The number of hydrogen-bond acceptors (Lipinski definition) is 4. The molecule has 3 aromatic rings. The third kappa shape index (κ3) is 3.89. The van der Waals surface area contributed by atoms with Crippen molar-refractivity contribution in [1.82, 2.24) is 14.7 Å². The van der Waals surface area contributed by atoms with Crippen LogP contribution in [0.5, 0.6) is 0 Å². The number of carbonyl (C=O) groups excluding carboxylic acids is 1. The van der Waals surface area contributed by atoms with Gasteiger partial charge in [-0.25, -0.2) is 0 Å². The Kier molecular flexibility index (Phi) is 5.23. The molecule has 2 aromatic heterocycles. The molecule has 0 N–H and O–H groups in total. The van der Waals surface area contributed by atoms with E-state index in [1.165, 1.54) is 5.56 Å². The Hall–Kier alpha value is -2.24. The van der Waals surface area contributed by atoms with Crippen LogP contribution in [-0.2, 0) is 13.6 Å². The van der Waals surface area contributed by atoms with Crippen LogP contribution < -0.4 is 0 Å². The molecule has 140 valence electrons. The van der Waals surface area contributed by atoms with Gasteiger partial charge in [-0.3, -0.25) is 14.4 Å². The molecule has 1 saturated heterocycles. The number of aryl methyl sites for hydroxylation is 2. The lowest BCUT2D eigenvalue weighted by Gasteiger charge is -2.31. The summed E-state index contributed by atoms with van der Waals surface area (Å²) in [7, 11) is 1.97. The highest BCUT2D eigenvalue weighted by atomic mass is 32.1. The minimum Gasteiger partial charge on any atom is -0.298 e. The summed E-state index contributed by atoms with van der Waals surface area (Å²) in [5.41, 5.74) is 4.53. The molecule has 0 saturated carbocycles. The van der Waals surface area contributed by atoms with Gasteiger partial charge in [0.25, 0.3) is 0 Å². The van der Waals surface area contributed by atoms with E-state index in [0.29, 0.717) is 5.78 Å². The highest BCUT2D eigenvalue weighted by Gasteiger charge is 2.28. The van der Waals surface area contributed by atoms with Gasteiger partial charge >= 0.3 is 0 Å². The SMILES string of the molecule is Cc1ccsc1C(=O)[C@@H]1CCCN(Cc2cn(C)nc2-c2ccccc2)C1. The van der Waals surface area contributed by atoms with Gasteiger partial charge in [0.2, 0.25) is 0 Å². The Balaban J connectivity index is 1.51. The Labute approximate surface area is 164 Å². The van der Waals surface area contributed by atoms with Crippen LogP contribution in [0.1, 0.15) is 33.6 Å². The molecule has 0 unspecified atom stereocenters. The van der Waals surface area contributed by atoms with Crippen LogP contribution in [0.4, 0.5) is 0 Å². The first-order valence-corrected chi connectivity index (χ1v) is 10.4. The number of nitrogens with zero attached hydrogens (tertiary/aromatic N) is 3. The second-order valence-electron chi connectivity index (χ2n) is 7.41. The molecule has 1 fully saturated rings. The third-order valence-electron chi connectivity index (χ3n) is 5.31. The largest absolute Gasteiger partial charge is 0.298 e. The van der Waals surface area contributed by atoms with Crippen molar-refractivity contribution in [2.45, 2.75) is 26.3 Å². The Morgan fingerprint density at radius 1 is 1.26 bits per heavy atom. The Morgan fingerprint density at radius 3 is 2.81 bits per heavy atom. The summed E-state index contributed by atoms with van der Waals surface area (Å²) < 4.78 is 1.89. The minimum atomic E-state index is 0.105. The van der Waals surface area contributed by atoms with E-state index in [2.05, 4.69) is 28.3 Å². The Bertz CT molecular complexity index is 928. The number of ketones is 1. The molecule has 1 aliphatic rings. The monoisotopic (exact) mass is 379 g/mol. The average molecular weight is 380 g/mol. The first-order chi connectivity index (χ1) is 13.1. The van der Waals surface area contributed by atoms with E-state index >= 15 is 0 Å². The lowest BCUT2D eigenvalue weighted by Crippen LogP contribution is -2.38. The van der Waals surface area contributed by atoms with E-state index in [9.17, 15) is 4.79 Å². The number of carbonyl (C=O) groups is 1. The van der Waals surface area contributed by atoms with E-state index in [1.54, 1.807) is 11.3 Å². The maximum absolute atomic E-state index is 12.9. The molecule has 1 atom stereocenters. The number of Topliss-reactive ketones (excluding diaryl/α,β-unsaturated/α-hetero) is 1. The van der Waals surface area contributed by atoms with Gasteiger partial charge in [-0.1, -0.05) is 30.3 Å². The van der Waals surface area contributed by atoms with Crippen LogP contribution in [0.25, 0.3) is 11.3 Å². The van der Waals surface area contributed by atoms with Gasteiger partial charge < -0.3 is 0 Å². The fourth-order valence-corrected chi connectivity index (χ4v) is 4.90. The molecule has 4 nitrogen and oxygen atoms in total. The maximum atomic E-state index is 12.9. The fraction of sp³-hybridized carbons (Fsp3) is 0.364. The number of piperidine rings is 1. The molecule has 27 heavy (non-hydrogen) atoms. The van der Waals surface area contributed by atoms with Crippen molar-refractivity contribution in [3.8, 4) is 11.3 Å². The number of benzene rings is 1. The first kappa shape index (κ1) is 18.1. The highest BCUT2D eigenvalue weighted by molar-refractivity contribution is 7.12. The minimum absolute atomic E-state index is 0.105. The van der Waals surface area contributed by atoms with Crippen LogP contribution in [0.15, 0.2) is 48.0 Å². The standard InChI is InChI=1S/C22H25N3OS/c1-16-10-12-27-22(16)21(26)18-9-6-11-25(14-18)15-19-13-24(2)23-20(19)17-7-4-3-5-8-17/h3-5,7-8,10,12-13,18H,6,9,11,14-15H2,1-2H3/t18-/m1/s1. The van der Waals surface area contributed by atoms with Crippen LogP contribution in [0, 0.1) is 12.8 Å². The van der Waals surface area contributed by atoms with Gasteiger partial charge in [0.1, 0.15) is 0 Å². The molecular formula is C22H25N3OS. The van der Waals surface area contributed by atoms with Gasteiger partial charge in [0.05, 0.1) is 10.6 Å². The number of thiophene rings is 1. The Morgan fingerprint density at radius 2 is 2.07 bits per heavy atom. The zero-order valence-electron chi connectivity index (χ0n) is 15.9. The zero-order valence-corrected chi connectivity index (χ0v) is 16.7. The summed E-state index contributed by atoms with van der Waals surface area (Å²) in [6, 6.07) is 12.4. The second-order valence-corrected chi connectivity index (χ2v) is 8.33. The normalized spacial score (nSPS) is 17.9. The molecule has 4 rings (SSSR count). The smallest absolute Gasteiger partial charge is 0.177 e. The van der Waals surface area contributed by atoms with Crippen molar-refractivity contribution in [2.75, 3.05) is 13.1 Å². The van der Waals surface area contributed by atoms with Gasteiger partial charge in [-0.05, 0) is 43.3 Å².